The molecule has 0 bridgehead atoms. The van der Waals surface area contributed by atoms with E-state index in [1.807, 2.05) is 18.2 Å². The monoisotopic (exact) mass is 496 g/mol. The largest absolute Gasteiger partial charge is 0.335 e. The van der Waals surface area contributed by atoms with Crippen LogP contribution in [0.4, 0.5) is 0 Å². The molecule has 0 N–H and O–H groups in total. The molecule has 1 saturated heterocycles. The number of hydrogen-bond acceptors (Lipinski definition) is 4. The first-order valence-corrected chi connectivity index (χ1v) is 13.0. The molecule has 0 unspecified atom stereocenters. The van der Waals surface area contributed by atoms with Gasteiger partial charge in [-0.1, -0.05) is 55.2 Å². The van der Waals surface area contributed by atoms with Gasteiger partial charge in [0.2, 0.25) is 10.0 Å². The Labute approximate surface area is 196 Å². The number of fused-ring (bicyclic) bond motifs is 1. The number of piperazine rings is 1. The van der Waals surface area contributed by atoms with E-state index in [-0.39, 0.29) is 23.9 Å². The number of amides is 1. The van der Waals surface area contributed by atoms with Crippen LogP contribution in [0.2, 0.25) is 10.0 Å². The molecular weight excluding hydrogens is 475 g/mol. The minimum Gasteiger partial charge on any atom is -0.335 e. The van der Waals surface area contributed by atoms with E-state index in [0.29, 0.717) is 33.9 Å². The zero-order chi connectivity index (χ0) is 22.3. The molecule has 1 aromatic heterocycles. The summed E-state index contributed by atoms with van der Waals surface area (Å²) in [5, 5.41) is 1.80. The normalized spacial score (nSPS) is 15.7. The highest BCUT2D eigenvalue weighted by Gasteiger charge is 2.32. The number of sulfonamides is 1. The summed E-state index contributed by atoms with van der Waals surface area (Å²) in [6, 6.07) is 12.4. The molecule has 1 fully saturated rings. The molecule has 0 spiro atoms. The number of benzene rings is 2. The topological polar surface area (TPSA) is 57.7 Å². The second-order valence-corrected chi connectivity index (χ2v) is 11.6. The van der Waals surface area contributed by atoms with Crippen molar-refractivity contribution in [3.8, 4) is 0 Å². The van der Waals surface area contributed by atoms with E-state index in [9.17, 15) is 13.2 Å². The van der Waals surface area contributed by atoms with Crippen LogP contribution in [-0.2, 0) is 10.0 Å². The number of rotatable bonds is 4. The molecule has 1 amide bonds. The van der Waals surface area contributed by atoms with Gasteiger partial charge in [0.05, 0.1) is 9.92 Å². The minimum absolute atomic E-state index is 0.180. The molecule has 0 radical (unpaired) electrons. The second kappa shape index (κ2) is 8.71. The number of nitrogens with zero attached hydrogens (tertiary/aromatic N) is 2. The Morgan fingerprint density at radius 1 is 1.00 bits per heavy atom. The first-order valence-electron chi connectivity index (χ1n) is 9.95. The van der Waals surface area contributed by atoms with Gasteiger partial charge in [-0.25, -0.2) is 8.42 Å². The molecule has 164 valence electrons. The number of carbonyl (C=O) groups is 1. The smallest absolute Gasteiger partial charge is 0.265 e. The average molecular weight is 497 g/mol. The van der Waals surface area contributed by atoms with E-state index in [1.165, 1.54) is 15.6 Å². The fraction of sp³-hybridized carbons (Fsp3) is 0.318. The first-order chi connectivity index (χ1) is 14.7. The third kappa shape index (κ3) is 4.34. The Hall–Kier alpha value is -1.64. The molecule has 0 atom stereocenters. The maximum absolute atomic E-state index is 13.1. The lowest BCUT2D eigenvalue weighted by Gasteiger charge is -2.33. The van der Waals surface area contributed by atoms with Gasteiger partial charge in [0.15, 0.2) is 0 Å². The summed E-state index contributed by atoms with van der Waals surface area (Å²) in [6.07, 6.45) is 0. The first kappa shape index (κ1) is 22.6. The Morgan fingerprint density at radius 3 is 2.26 bits per heavy atom. The van der Waals surface area contributed by atoms with E-state index < -0.39 is 10.0 Å². The van der Waals surface area contributed by atoms with Gasteiger partial charge >= 0.3 is 0 Å². The van der Waals surface area contributed by atoms with Crippen molar-refractivity contribution < 1.29 is 13.2 Å². The summed E-state index contributed by atoms with van der Waals surface area (Å²) in [5.74, 6) is 0.156. The van der Waals surface area contributed by atoms with E-state index in [0.717, 1.165) is 15.6 Å². The molecule has 5 nitrogen and oxygen atoms in total. The Morgan fingerprint density at radius 2 is 1.65 bits per heavy atom. The second-order valence-electron chi connectivity index (χ2n) is 7.81. The van der Waals surface area contributed by atoms with Crippen molar-refractivity contribution in [1.82, 2.24) is 9.21 Å². The van der Waals surface area contributed by atoms with E-state index in [2.05, 4.69) is 13.8 Å². The summed E-state index contributed by atoms with van der Waals surface area (Å²) in [6.45, 7) is 5.25. The maximum Gasteiger partial charge on any atom is 0.265 e. The zero-order valence-electron chi connectivity index (χ0n) is 17.1. The predicted octanol–water partition coefficient (Wildman–Crippen LogP) is 5.48. The summed E-state index contributed by atoms with van der Waals surface area (Å²) >= 11 is 13.8. The van der Waals surface area contributed by atoms with Crippen LogP contribution in [0.5, 0.6) is 0 Å². The van der Waals surface area contributed by atoms with Crippen molar-refractivity contribution in [3.63, 3.8) is 0 Å². The van der Waals surface area contributed by atoms with Crippen molar-refractivity contribution in [3.05, 3.63) is 63.0 Å². The van der Waals surface area contributed by atoms with Gasteiger partial charge in [-0.15, -0.1) is 11.3 Å². The number of halogens is 2. The van der Waals surface area contributed by atoms with Crippen molar-refractivity contribution in [1.29, 1.82) is 0 Å². The summed E-state index contributed by atoms with van der Waals surface area (Å²) < 4.78 is 28.3. The van der Waals surface area contributed by atoms with Crippen LogP contribution >= 0.6 is 34.5 Å². The van der Waals surface area contributed by atoms with E-state index in [4.69, 9.17) is 23.2 Å². The van der Waals surface area contributed by atoms with Gasteiger partial charge in [0.25, 0.3) is 5.91 Å². The fourth-order valence-corrected chi connectivity index (χ4v) is 6.80. The van der Waals surface area contributed by atoms with Crippen molar-refractivity contribution in [2.24, 2.45) is 0 Å². The molecule has 4 rings (SSSR count). The van der Waals surface area contributed by atoms with Gasteiger partial charge < -0.3 is 4.90 Å². The zero-order valence-corrected chi connectivity index (χ0v) is 20.3. The molecule has 9 heteroatoms. The van der Waals surface area contributed by atoms with Crippen molar-refractivity contribution in [2.75, 3.05) is 26.2 Å². The molecule has 2 aromatic carbocycles. The van der Waals surface area contributed by atoms with Gasteiger partial charge in [-0.05, 0) is 35.7 Å². The molecule has 2 heterocycles. The highest BCUT2D eigenvalue weighted by molar-refractivity contribution is 7.89. The van der Waals surface area contributed by atoms with Gasteiger partial charge in [0.1, 0.15) is 4.88 Å². The Kier molecular flexibility index (Phi) is 6.34. The van der Waals surface area contributed by atoms with Crippen LogP contribution in [-0.4, -0.2) is 49.7 Å². The van der Waals surface area contributed by atoms with Crippen LogP contribution in [0.25, 0.3) is 10.1 Å². The van der Waals surface area contributed by atoms with Gasteiger partial charge in [0, 0.05) is 41.3 Å². The lowest BCUT2D eigenvalue weighted by atomic mass is 10.0. The maximum atomic E-state index is 13.1. The third-order valence-corrected chi connectivity index (χ3v) is 9.29. The van der Waals surface area contributed by atoms with Gasteiger partial charge in [-0.3, -0.25) is 4.79 Å². The van der Waals surface area contributed by atoms with Crippen LogP contribution in [0.15, 0.2) is 47.4 Å². The van der Waals surface area contributed by atoms with Crippen LogP contribution in [0.1, 0.15) is 35.0 Å². The molecule has 3 aromatic rings. The molecule has 1 aliphatic rings. The molecular formula is C22H22Cl2N2O3S2. The predicted molar refractivity (Wildman–Crippen MR) is 127 cm³/mol. The highest BCUT2D eigenvalue weighted by atomic mass is 35.5. The minimum atomic E-state index is -3.59. The van der Waals surface area contributed by atoms with Crippen molar-refractivity contribution >= 4 is 60.6 Å². The lowest BCUT2D eigenvalue weighted by Crippen LogP contribution is -2.50. The summed E-state index contributed by atoms with van der Waals surface area (Å²) in [7, 11) is -3.59. The third-order valence-electron chi connectivity index (χ3n) is 5.50. The molecule has 1 aliphatic heterocycles. The summed E-state index contributed by atoms with van der Waals surface area (Å²) in [4.78, 5) is 15.4. The number of carbonyl (C=O) groups excluding carboxylic acids is 1. The Bertz CT molecular complexity index is 1230. The highest BCUT2D eigenvalue weighted by Crippen LogP contribution is 2.37. The SMILES string of the molecule is CC(C)c1ccc(S(=O)(=O)N2CCN(C(=O)c3sc4cc(Cl)ccc4c3Cl)CC2)cc1. The molecule has 31 heavy (non-hydrogen) atoms. The van der Waals surface area contributed by atoms with E-state index >= 15 is 0 Å². The van der Waals surface area contributed by atoms with Crippen LogP contribution < -0.4 is 0 Å². The van der Waals surface area contributed by atoms with Crippen LogP contribution in [0.3, 0.4) is 0 Å². The van der Waals surface area contributed by atoms with Crippen molar-refractivity contribution in [2.45, 2.75) is 24.7 Å². The summed E-state index contributed by atoms with van der Waals surface area (Å²) in [5.41, 5.74) is 1.09. The molecule has 0 aliphatic carbocycles. The van der Waals surface area contributed by atoms with Crippen LogP contribution in [0, 0.1) is 0 Å². The van der Waals surface area contributed by atoms with E-state index in [1.54, 1.807) is 29.2 Å². The molecule has 0 saturated carbocycles. The Balaban J connectivity index is 1.48. The lowest BCUT2D eigenvalue weighted by molar-refractivity contribution is 0.0703. The fourth-order valence-electron chi connectivity index (χ4n) is 3.63. The standard InChI is InChI=1S/C22H22Cl2N2O3S2/c1-14(2)15-3-6-17(7-4-15)31(28,29)26-11-9-25(10-12-26)22(27)21-20(24)18-8-5-16(23)13-19(18)30-21/h3-8,13-14H,9-12H2,1-2H3. The van der Waals surface area contributed by atoms with Gasteiger partial charge in [-0.2, -0.15) is 4.31 Å². The number of thiophene rings is 1. The quantitative estimate of drug-likeness (QED) is 0.480. The average Bonchev–Trinajstić information content (AvgIpc) is 3.08. The number of hydrogen-bond donors (Lipinski definition) is 0.